The fourth-order valence-corrected chi connectivity index (χ4v) is 2.68. The van der Waals surface area contributed by atoms with Crippen molar-refractivity contribution < 1.29 is 19.0 Å². The Bertz CT molecular complexity index is 285. The highest BCUT2D eigenvalue weighted by atomic mass is 16.5. The van der Waals surface area contributed by atoms with Gasteiger partial charge < -0.3 is 19.5 Å². The van der Waals surface area contributed by atoms with Gasteiger partial charge in [0.15, 0.2) is 0 Å². The molecular weight excluding hydrogens is 270 g/mol. The summed E-state index contributed by atoms with van der Waals surface area (Å²) in [5.41, 5.74) is 0. The van der Waals surface area contributed by atoms with E-state index in [-0.39, 0.29) is 18.1 Å². The van der Waals surface area contributed by atoms with Crippen molar-refractivity contribution in [1.29, 1.82) is 0 Å². The lowest BCUT2D eigenvalue weighted by atomic mass is 9.95. The topological polar surface area (TPSA) is 56.8 Å². The van der Waals surface area contributed by atoms with Gasteiger partial charge in [-0.25, -0.2) is 0 Å². The van der Waals surface area contributed by atoms with E-state index in [1.54, 1.807) is 7.11 Å². The number of ether oxygens (including phenoxy) is 3. The molecule has 0 aromatic rings. The molecule has 3 unspecified atom stereocenters. The Morgan fingerprint density at radius 3 is 2.71 bits per heavy atom. The number of carbonyl (C=O) groups is 1. The molecule has 0 radical (unpaired) electrons. The van der Waals surface area contributed by atoms with E-state index in [0.29, 0.717) is 25.7 Å². The Labute approximate surface area is 128 Å². The van der Waals surface area contributed by atoms with Crippen LogP contribution in [0.25, 0.3) is 0 Å². The van der Waals surface area contributed by atoms with E-state index in [0.717, 1.165) is 38.6 Å². The van der Waals surface area contributed by atoms with Crippen LogP contribution in [0.2, 0.25) is 0 Å². The largest absolute Gasteiger partial charge is 0.465 e. The van der Waals surface area contributed by atoms with Gasteiger partial charge in [-0.3, -0.25) is 4.79 Å². The zero-order chi connectivity index (χ0) is 15.5. The first kappa shape index (κ1) is 18.4. The fourth-order valence-electron chi connectivity index (χ4n) is 2.68. The van der Waals surface area contributed by atoms with Crippen molar-refractivity contribution in [2.75, 3.05) is 26.9 Å². The summed E-state index contributed by atoms with van der Waals surface area (Å²) >= 11 is 0. The van der Waals surface area contributed by atoms with E-state index < -0.39 is 0 Å². The average molecular weight is 301 g/mol. The third-order valence-corrected chi connectivity index (χ3v) is 3.88. The Balaban J connectivity index is 2.29. The van der Waals surface area contributed by atoms with Crippen LogP contribution in [0.4, 0.5) is 0 Å². The van der Waals surface area contributed by atoms with Crippen molar-refractivity contribution in [2.45, 2.75) is 70.6 Å². The SMILES string of the molecule is CCCNC(CCOC1CCCC(OC)C1)C(=O)OCC. The molecule has 0 spiro atoms. The van der Waals surface area contributed by atoms with Gasteiger partial charge in [-0.05, 0) is 52.0 Å². The maximum Gasteiger partial charge on any atom is 0.323 e. The molecule has 3 atom stereocenters. The molecule has 1 N–H and O–H groups in total. The maximum absolute atomic E-state index is 11.9. The van der Waals surface area contributed by atoms with Crippen LogP contribution in [0.1, 0.15) is 52.4 Å². The second-order valence-electron chi connectivity index (χ2n) is 5.56. The second-order valence-corrected chi connectivity index (χ2v) is 5.56. The smallest absolute Gasteiger partial charge is 0.323 e. The predicted octanol–water partition coefficient (Wildman–Crippen LogP) is 2.28. The minimum atomic E-state index is -0.258. The summed E-state index contributed by atoms with van der Waals surface area (Å²) in [5, 5.41) is 3.23. The standard InChI is InChI=1S/C16H31NO4/c1-4-10-17-15(16(18)20-5-2)9-11-21-14-8-6-7-13(12-14)19-3/h13-15,17H,4-12H2,1-3H3. The van der Waals surface area contributed by atoms with Crippen molar-refractivity contribution >= 4 is 5.97 Å². The summed E-state index contributed by atoms with van der Waals surface area (Å²) in [6.07, 6.45) is 6.57. The van der Waals surface area contributed by atoms with Crippen LogP contribution in [0.5, 0.6) is 0 Å². The zero-order valence-electron chi connectivity index (χ0n) is 13.7. The molecule has 21 heavy (non-hydrogen) atoms. The van der Waals surface area contributed by atoms with E-state index >= 15 is 0 Å². The first-order valence-corrected chi connectivity index (χ1v) is 8.25. The van der Waals surface area contributed by atoms with E-state index in [1.165, 1.54) is 0 Å². The first-order chi connectivity index (χ1) is 10.2. The van der Waals surface area contributed by atoms with Gasteiger partial charge in [-0.15, -0.1) is 0 Å². The van der Waals surface area contributed by atoms with Crippen LogP contribution in [0, 0.1) is 0 Å². The number of hydrogen-bond acceptors (Lipinski definition) is 5. The van der Waals surface area contributed by atoms with Crippen molar-refractivity contribution in [1.82, 2.24) is 5.32 Å². The molecule has 5 heteroatoms. The van der Waals surface area contributed by atoms with Crippen molar-refractivity contribution in [2.24, 2.45) is 0 Å². The summed E-state index contributed by atoms with van der Waals surface area (Å²) < 4.78 is 16.4. The molecule has 0 aromatic carbocycles. The van der Waals surface area contributed by atoms with Gasteiger partial charge in [0.2, 0.25) is 0 Å². The minimum absolute atomic E-state index is 0.173. The van der Waals surface area contributed by atoms with Crippen LogP contribution in [-0.2, 0) is 19.0 Å². The van der Waals surface area contributed by atoms with Crippen molar-refractivity contribution in [3.8, 4) is 0 Å². The van der Waals surface area contributed by atoms with Crippen LogP contribution in [0.15, 0.2) is 0 Å². The van der Waals surface area contributed by atoms with Crippen LogP contribution in [-0.4, -0.2) is 51.1 Å². The molecule has 0 heterocycles. The van der Waals surface area contributed by atoms with Gasteiger partial charge in [0.05, 0.1) is 18.8 Å². The van der Waals surface area contributed by atoms with Crippen molar-refractivity contribution in [3.63, 3.8) is 0 Å². The highest BCUT2D eigenvalue weighted by Gasteiger charge is 2.23. The highest BCUT2D eigenvalue weighted by Crippen LogP contribution is 2.23. The van der Waals surface area contributed by atoms with Crippen LogP contribution >= 0.6 is 0 Å². The summed E-state index contributed by atoms with van der Waals surface area (Å²) in [6.45, 7) is 5.74. The predicted molar refractivity (Wildman–Crippen MR) is 82.3 cm³/mol. The molecule has 1 aliphatic carbocycles. The molecule has 5 nitrogen and oxygen atoms in total. The van der Waals surface area contributed by atoms with E-state index in [2.05, 4.69) is 12.2 Å². The van der Waals surface area contributed by atoms with Crippen LogP contribution in [0.3, 0.4) is 0 Å². The molecule has 1 fully saturated rings. The molecule has 0 amide bonds. The molecule has 1 saturated carbocycles. The molecule has 0 aliphatic heterocycles. The number of methoxy groups -OCH3 is 1. The number of rotatable bonds is 10. The average Bonchev–Trinajstić information content (AvgIpc) is 2.51. The lowest BCUT2D eigenvalue weighted by Gasteiger charge is -2.28. The molecule has 124 valence electrons. The summed E-state index contributed by atoms with van der Waals surface area (Å²) in [6, 6.07) is -0.258. The number of carbonyl (C=O) groups excluding carboxylic acids is 1. The Kier molecular flexibility index (Phi) is 9.63. The zero-order valence-corrected chi connectivity index (χ0v) is 13.7. The molecule has 0 bridgehead atoms. The minimum Gasteiger partial charge on any atom is -0.465 e. The van der Waals surface area contributed by atoms with Gasteiger partial charge in [0.1, 0.15) is 6.04 Å². The lowest BCUT2D eigenvalue weighted by Crippen LogP contribution is -2.40. The van der Waals surface area contributed by atoms with Gasteiger partial charge in [-0.2, -0.15) is 0 Å². The van der Waals surface area contributed by atoms with Gasteiger partial charge in [0, 0.05) is 13.7 Å². The van der Waals surface area contributed by atoms with E-state index in [1.807, 2.05) is 6.92 Å². The van der Waals surface area contributed by atoms with Crippen LogP contribution < -0.4 is 5.32 Å². The quantitative estimate of drug-likeness (QED) is 0.627. The highest BCUT2D eigenvalue weighted by molar-refractivity contribution is 5.75. The molecule has 1 aliphatic rings. The van der Waals surface area contributed by atoms with Gasteiger partial charge >= 0.3 is 5.97 Å². The van der Waals surface area contributed by atoms with E-state index in [9.17, 15) is 4.79 Å². The number of nitrogens with one attached hydrogen (secondary N) is 1. The summed E-state index contributed by atoms with van der Waals surface area (Å²) in [7, 11) is 1.76. The summed E-state index contributed by atoms with van der Waals surface area (Å²) in [4.78, 5) is 11.9. The third kappa shape index (κ3) is 7.25. The molecule has 0 saturated heterocycles. The molecule has 1 rings (SSSR count). The van der Waals surface area contributed by atoms with E-state index in [4.69, 9.17) is 14.2 Å². The van der Waals surface area contributed by atoms with Gasteiger partial charge in [0.25, 0.3) is 0 Å². The normalized spacial score (nSPS) is 23.8. The number of esters is 1. The Morgan fingerprint density at radius 2 is 2.05 bits per heavy atom. The van der Waals surface area contributed by atoms with Crippen molar-refractivity contribution in [3.05, 3.63) is 0 Å². The maximum atomic E-state index is 11.9. The molecule has 0 aromatic heterocycles. The molecular formula is C16H31NO4. The third-order valence-electron chi connectivity index (χ3n) is 3.88. The summed E-state index contributed by atoms with van der Waals surface area (Å²) in [5.74, 6) is -0.173. The monoisotopic (exact) mass is 301 g/mol. The Hall–Kier alpha value is -0.650. The second kappa shape index (κ2) is 11.0. The van der Waals surface area contributed by atoms with Gasteiger partial charge in [-0.1, -0.05) is 6.92 Å². The number of hydrogen-bond donors (Lipinski definition) is 1. The Morgan fingerprint density at radius 1 is 1.29 bits per heavy atom. The first-order valence-electron chi connectivity index (χ1n) is 8.25. The fraction of sp³-hybridized carbons (Fsp3) is 0.938. The lowest BCUT2D eigenvalue weighted by molar-refractivity contribution is -0.146.